The zero-order chi connectivity index (χ0) is 14.5. The van der Waals surface area contributed by atoms with E-state index in [1.54, 1.807) is 0 Å². The molecule has 0 saturated carbocycles. The van der Waals surface area contributed by atoms with E-state index in [1.165, 1.54) is 18.2 Å². The third kappa shape index (κ3) is 3.45. The molecular weight excluding hydrogens is 262 g/mol. The quantitative estimate of drug-likeness (QED) is 0.482. The van der Waals surface area contributed by atoms with Gasteiger partial charge in [0.2, 0.25) is 0 Å². The maximum Gasteiger partial charge on any atom is 0.270 e. The van der Waals surface area contributed by atoms with Crippen LogP contribution in [-0.4, -0.2) is 30.1 Å². The number of nitro groups is 1. The average Bonchev–Trinajstić information content (AvgIpc) is 2.92. The number of carbonyl (C=O) groups is 1. The van der Waals surface area contributed by atoms with Crippen molar-refractivity contribution in [3.8, 4) is 0 Å². The second-order valence-electron chi connectivity index (χ2n) is 4.71. The van der Waals surface area contributed by atoms with Gasteiger partial charge in [0.25, 0.3) is 11.6 Å². The molecule has 7 nitrogen and oxygen atoms in total. The fourth-order valence-corrected chi connectivity index (χ4v) is 2.17. The first-order valence-electron chi connectivity index (χ1n) is 6.51. The zero-order valence-corrected chi connectivity index (χ0v) is 11.0. The molecule has 7 heteroatoms. The molecule has 1 heterocycles. The number of nitrogens with zero attached hydrogens (tertiary/aromatic N) is 1. The Morgan fingerprint density at radius 3 is 3.00 bits per heavy atom. The molecule has 0 aliphatic carbocycles. The van der Waals surface area contributed by atoms with Gasteiger partial charge in [-0.25, -0.2) is 0 Å². The van der Waals surface area contributed by atoms with Crippen molar-refractivity contribution >= 4 is 17.3 Å². The predicted octanol–water partition coefficient (Wildman–Crippen LogP) is 1.48. The first-order chi connectivity index (χ1) is 9.58. The Morgan fingerprint density at radius 1 is 1.55 bits per heavy atom. The fraction of sp³-hybridized carbons (Fsp3) is 0.462. The summed E-state index contributed by atoms with van der Waals surface area (Å²) >= 11 is 0. The molecule has 0 bridgehead atoms. The van der Waals surface area contributed by atoms with Gasteiger partial charge >= 0.3 is 0 Å². The Morgan fingerprint density at radius 2 is 2.35 bits per heavy atom. The maximum atomic E-state index is 12.0. The van der Waals surface area contributed by atoms with Crippen molar-refractivity contribution in [3.63, 3.8) is 0 Å². The summed E-state index contributed by atoms with van der Waals surface area (Å²) in [6.45, 7) is 1.24. The average molecular weight is 279 g/mol. The highest BCUT2D eigenvalue weighted by Gasteiger charge is 2.17. The third-order valence-electron chi connectivity index (χ3n) is 3.27. The van der Waals surface area contributed by atoms with Gasteiger partial charge in [0, 0.05) is 31.0 Å². The Kier molecular flexibility index (Phi) is 4.52. The maximum absolute atomic E-state index is 12.0. The topological polar surface area (TPSA) is 107 Å². The smallest absolute Gasteiger partial charge is 0.270 e. The van der Waals surface area contributed by atoms with Crippen molar-refractivity contribution in [2.24, 2.45) is 0 Å². The highest BCUT2D eigenvalue weighted by Crippen LogP contribution is 2.19. The lowest BCUT2D eigenvalue weighted by atomic mass is 10.1. The van der Waals surface area contributed by atoms with E-state index in [1.807, 2.05) is 0 Å². The summed E-state index contributed by atoms with van der Waals surface area (Å²) in [5.74, 6) is -0.399. The molecule has 1 aliphatic heterocycles. The number of non-ortho nitro benzene ring substituents is 1. The molecule has 1 aromatic carbocycles. The summed E-state index contributed by atoms with van der Waals surface area (Å²) in [5, 5.41) is 13.4. The van der Waals surface area contributed by atoms with E-state index in [4.69, 9.17) is 10.5 Å². The zero-order valence-electron chi connectivity index (χ0n) is 11.0. The number of ether oxygens (including phenoxy) is 1. The van der Waals surface area contributed by atoms with Crippen LogP contribution in [0.25, 0.3) is 0 Å². The largest absolute Gasteiger partial charge is 0.398 e. The minimum absolute atomic E-state index is 0.131. The van der Waals surface area contributed by atoms with Crippen LogP contribution in [0.3, 0.4) is 0 Å². The minimum atomic E-state index is -0.553. The van der Waals surface area contributed by atoms with Gasteiger partial charge < -0.3 is 15.8 Å². The highest BCUT2D eigenvalue weighted by atomic mass is 16.6. The van der Waals surface area contributed by atoms with E-state index in [2.05, 4.69) is 5.32 Å². The van der Waals surface area contributed by atoms with Gasteiger partial charge in [-0.2, -0.15) is 0 Å². The molecule has 20 heavy (non-hydrogen) atoms. The Labute approximate surface area is 116 Å². The summed E-state index contributed by atoms with van der Waals surface area (Å²) < 4.78 is 5.45. The van der Waals surface area contributed by atoms with Crippen molar-refractivity contribution in [1.29, 1.82) is 0 Å². The van der Waals surface area contributed by atoms with E-state index in [0.29, 0.717) is 6.54 Å². The Bertz CT molecular complexity index is 512. The molecule has 1 fully saturated rings. The number of anilines is 1. The molecule has 0 spiro atoms. The number of hydrogen-bond acceptors (Lipinski definition) is 5. The molecule has 3 N–H and O–H groups in total. The molecule has 0 radical (unpaired) electrons. The lowest BCUT2D eigenvalue weighted by Gasteiger charge is -2.11. The number of nitrogens with one attached hydrogen (secondary N) is 1. The van der Waals surface area contributed by atoms with Crippen LogP contribution in [-0.2, 0) is 4.74 Å². The van der Waals surface area contributed by atoms with E-state index in [0.717, 1.165) is 25.9 Å². The fourth-order valence-electron chi connectivity index (χ4n) is 2.17. The molecule has 0 aromatic heterocycles. The molecule has 1 amide bonds. The van der Waals surface area contributed by atoms with Crippen LogP contribution < -0.4 is 11.1 Å². The van der Waals surface area contributed by atoms with E-state index in [9.17, 15) is 14.9 Å². The number of nitro benzene ring substituents is 1. The molecule has 1 unspecified atom stereocenters. The third-order valence-corrected chi connectivity index (χ3v) is 3.27. The SMILES string of the molecule is Nc1ccc([N+](=O)[O-])cc1C(=O)NCCC1CCCO1. The molecular formula is C13H17N3O4. The van der Waals surface area contributed by atoms with E-state index >= 15 is 0 Å². The van der Waals surface area contributed by atoms with Crippen LogP contribution in [0, 0.1) is 10.1 Å². The second kappa shape index (κ2) is 6.33. The van der Waals surface area contributed by atoms with Crippen LogP contribution in [0.2, 0.25) is 0 Å². The van der Waals surface area contributed by atoms with Crippen LogP contribution in [0.1, 0.15) is 29.6 Å². The Balaban J connectivity index is 1.94. The summed E-state index contributed by atoms with van der Waals surface area (Å²) in [4.78, 5) is 22.1. The summed E-state index contributed by atoms with van der Waals surface area (Å²) in [6.07, 6.45) is 2.99. The lowest BCUT2D eigenvalue weighted by molar-refractivity contribution is -0.384. The van der Waals surface area contributed by atoms with Crippen molar-refractivity contribution in [2.45, 2.75) is 25.4 Å². The van der Waals surface area contributed by atoms with Crippen LogP contribution in [0.15, 0.2) is 18.2 Å². The first-order valence-corrected chi connectivity index (χ1v) is 6.51. The van der Waals surface area contributed by atoms with Crippen LogP contribution in [0.4, 0.5) is 11.4 Å². The standard InChI is InChI=1S/C13H17N3O4/c14-12-4-3-9(16(18)19)8-11(12)13(17)15-6-5-10-2-1-7-20-10/h3-4,8,10H,1-2,5-7,14H2,(H,15,17). The van der Waals surface area contributed by atoms with Gasteiger partial charge in [-0.15, -0.1) is 0 Å². The van der Waals surface area contributed by atoms with Gasteiger partial charge in [-0.3, -0.25) is 14.9 Å². The summed E-state index contributed by atoms with van der Waals surface area (Å²) in [5.41, 5.74) is 5.88. The van der Waals surface area contributed by atoms with E-state index in [-0.39, 0.29) is 23.0 Å². The van der Waals surface area contributed by atoms with Crippen molar-refractivity contribution < 1.29 is 14.5 Å². The number of amides is 1. The molecule has 1 atom stereocenters. The van der Waals surface area contributed by atoms with Gasteiger partial charge in [0.1, 0.15) is 0 Å². The number of benzene rings is 1. The van der Waals surface area contributed by atoms with Crippen molar-refractivity contribution in [1.82, 2.24) is 5.32 Å². The number of nitrogens with two attached hydrogens (primary N) is 1. The molecule has 2 rings (SSSR count). The van der Waals surface area contributed by atoms with Gasteiger partial charge in [-0.05, 0) is 25.3 Å². The first kappa shape index (κ1) is 14.3. The number of carbonyl (C=O) groups excluding carboxylic acids is 1. The number of rotatable bonds is 5. The summed E-state index contributed by atoms with van der Waals surface area (Å²) in [6, 6.07) is 3.84. The Hall–Kier alpha value is -2.15. The normalized spacial score (nSPS) is 17.9. The monoisotopic (exact) mass is 279 g/mol. The van der Waals surface area contributed by atoms with Crippen molar-refractivity contribution in [2.75, 3.05) is 18.9 Å². The predicted molar refractivity (Wildman–Crippen MR) is 73.4 cm³/mol. The lowest BCUT2D eigenvalue weighted by Crippen LogP contribution is -2.27. The molecule has 108 valence electrons. The van der Waals surface area contributed by atoms with E-state index < -0.39 is 10.8 Å². The summed E-state index contributed by atoms with van der Waals surface area (Å²) in [7, 11) is 0. The van der Waals surface area contributed by atoms with Gasteiger partial charge in [0.05, 0.1) is 16.6 Å². The van der Waals surface area contributed by atoms with Crippen molar-refractivity contribution in [3.05, 3.63) is 33.9 Å². The second-order valence-corrected chi connectivity index (χ2v) is 4.71. The minimum Gasteiger partial charge on any atom is -0.398 e. The number of hydrogen-bond donors (Lipinski definition) is 2. The molecule has 1 saturated heterocycles. The van der Waals surface area contributed by atoms with Crippen LogP contribution in [0.5, 0.6) is 0 Å². The van der Waals surface area contributed by atoms with Gasteiger partial charge in [0.15, 0.2) is 0 Å². The molecule has 1 aliphatic rings. The van der Waals surface area contributed by atoms with Gasteiger partial charge in [-0.1, -0.05) is 0 Å². The molecule has 1 aromatic rings. The number of nitrogen functional groups attached to an aromatic ring is 1. The highest BCUT2D eigenvalue weighted by molar-refractivity contribution is 5.99. The van der Waals surface area contributed by atoms with Crippen LogP contribution >= 0.6 is 0 Å².